The third kappa shape index (κ3) is 3.45. The SMILES string of the molecule is C[C@H]1[C@H]2c3cc(F)cc(F)c3NC(=O)[C@@H](NC(=O)c3nnc(Cc4ccccc4)o3)[C@@H]12. The van der Waals surface area contributed by atoms with Gasteiger partial charge in [0.2, 0.25) is 11.8 Å². The Kier molecular flexibility index (Phi) is 4.53. The van der Waals surface area contributed by atoms with Crippen molar-refractivity contribution in [3.05, 3.63) is 77.0 Å². The largest absolute Gasteiger partial charge is 0.417 e. The Morgan fingerprint density at radius 2 is 1.97 bits per heavy atom. The lowest BCUT2D eigenvalue weighted by atomic mass is 10.0. The van der Waals surface area contributed by atoms with E-state index in [0.29, 0.717) is 12.0 Å². The first-order chi connectivity index (χ1) is 14.9. The summed E-state index contributed by atoms with van der Waals surface area (Å²) in [6.07, 6.45) is 0.368. The predicted octanol–water partition coefficient (Wildman–Crippen LogP) is 3.04. The summed E-state index contributed by atoms with van der Waals surface area (Å²) in [4.78, 5) is 25.4. The molecule has 0 spiro atoms. The summed E-state index contributed by atoms with van der Waals surface area (Å²) in [5.74, 6) is -3.37. The number of benzene rings is 2. The van der Waals surface area contributed by atoms with Crippen LogP contribution in [0, 0.1) is 23.5 Å². The van der Waals surface area contributed by atoms with Crippen LogP contribution in [0.15, 0.2) is 46.9 Å². The molecule has 2 aliphatic rings. The van der Waals surface area contributed by atoms with Crippen LogP contribution in [-0.4, -0.2) is 28.1 Å². The molecule has 9 heteroatoms. The highest BCUT2D eigenvalue weighted by molar-refractivity contribution is 6.01. The lowest BCUT2D eigenvalue weighted by molar-refractivity contribution is -0.118. The minimum atomic E-state index is -0.938. The quantitative estimate of drug-likeness (QED) is 0.671. The number of carbonyl (C=O) groups excluding carboxylic acids is 2. The number of carbonyl (C=O) groups is 2. The second-order valence-corrected chi connectivity index (χ2v) is 7.92. The molecule has 0 bridgehead atoms. The lowest BCUT2D eigenvalue weighted by Crippen LogP contribution is -2.45. The van der Waals surface area contributed by atoms with Gasteiger partial charge in [-0.15, -0.1) is 10.2 Å². The zero-order chi connectivity index (χ0) is 21.7. The zero-order valence-corrected chi connectivity index (χ0v) is 16.4. The van der Waals surface area contributed by atoms with Crippen LogP contribution in [0.25, 0.3) is 0 Å². The Hall–Kier alpha value is -3.62. The molecule has 1 fully saturated rings. The monoisotopic (exact) mass is 424 g/mol. The molecule has 158 valence electrons. The normalized spacial score (nSPS) is 23.9. The van der Waals surface area contributed by atoms with E-state index >= 15 is 0 Å². The summed E-state index contributed by atoms with van der Waals surface area (Å²) in [5, 5.41) is 12.8. The van der Waals surface area contributed by atoms with Crippen LogP contribution >= 0.6 is 0 Å². The molecule has 1 aliphatic heterocycles. The fourth-order valence-electron chi connectivity index (χ4n) is 4.41. The van der Waals surface area contributed by atoms with E-state index in [4.69, 9.17) is 4.42 Å². The van der Waals surface area contributed by atoms with Crippen molar-refractivity contribution in [3.63, 3.8) is 0 Å². The van der Waals surface area contributed by atoms with Crippen molar-refractivity contribution in [3.8, 4) is 0 Å². The van der Waals surface area contributed by atoms with Crippen LogP contribution in [-0.2, 0) is 11.2 Å². The first-order valence-electron chi connectivity index (χ1n) is 9.89. The molecule has 0 radical (unpaired) electrons. The van der Waals surface area contributed by atoms with Crippen molar-refractivity contribution in [2.45, 2.75) is 25.3 Å². The number of anilines is 1. The first kappa shape index (κ1) is 19.3. The maximum Gasteiger partial charge on any atom is 0.309 e. The smallest absolute Gasteiger partial charge is 0.309 e. The van der Waals surface area contributed by atoms with Crippen molar-refractivity contribution >= 4 is 17.5 Å². The van der Waals surface area contributed by atoms with Gasteiger partial charge in [0.25, 0.3) is 0 Å². The molecule has 1 aliphatic carbocycles. The molecule has 0 unspecified atom stereocenters. The van der Waals surface area contributed by atoms with Gasteiger partial charge in [0.05, 0.1) is 12.1 Å². The minimum absolute atomic E-state index is 0.0346. The Morgan fingerprint density at radius 1 is 1.19 bits per heavy atom. The van der Waals surface area contributed by atoms with Crippen LogP contribution < -0.4 is 10.6 Å². The van der Waals surface area contributed by atoms with Crippen LogP contribution in [0.4, 0.5) is 14.5 Å². The number of halogens is 2. The lowest BCUT2D eigenvalue weighted by Gasteiger charge is -2.16. The number of rotatable bonds is 4. The summed E-state index contributed by atoms with van der Waals surface area (Å²) in [7, 11) is 0. The molecule has 2 amide bonds. The van der Waals surface area contributed by atoms with Crippen LogP contribution in [0.5, 0.6) is 0 Å². The second kappa shape index (κ2) is 7.26. The average molecular weight is 424 g/mol. The summed E-state index contributed by atoms with van der Waals surface area (Å²) < 4.78 is 33.5. The van der Waals surface area contributed by atoms with Gasteiger partial charge in [-0.1, -0.05) is 37.3 Å². The molecular weight excluding hydrogens is 406 g/mol. The van der Waals surface area contributed by atoms with Gasteiger partial charge in [-0.2, -0.15) is 0 Å². The van der Waals surface area contributed by atoms with Gasteiger partial charge < -0.3 is 15.1 Å². The minimum Gasteiger partial charge on any atom is -0.417 e. The molecule has 31 heavy (non-hydrogen) atoms. The molecule has 2 N–H and O–H groups in total. The number of fused-ring (bicyclic) bond motifs is 3. The van der Waals surface area contributed by atoms with Crippen molar-refractivity contribution in [2.24, 2.45) is 11.8 Å². The molecule has 5 rings (SSSR count). The molecular formula is C22H18F2N4O3. The number of hydrogen-bond donors (Lipinski definition) is 2. The van der Waals surface area contributed by atoms with E-state index in [1.54, 1.807) is 0 Å². The zero-order valence-electron chi connectivity index (χ0n) is 16.4. The van der Waals surface area contributed by atoms with Gasteiger partial charge in [-0.25, -0.2) is 8.78 Å². The van der Waals surface area contributed by atoms with Crippen molar-refractivity contribution in [1.82, 2.24) is 15.5 Å². The number of aromatic nitrogens is 2. The van der Waals surface area contributed by atoms with Gasteiger partial charge >= 0.3 is 11.8 Å². The van der Waals surface area contributed by atoms with Crippen molar-refractivity contribution in [1.29, 1.82) is 0 Å². The number of hydrogen-bond acceptors (Lipinski definition) is 5. The van der Waals surface area contributed by atoms with Gasteiger partial charge in [-0.3, -0.25) is 9.59 Å². The maximum atomic E-state index is 14.3. The highest BCUT2D eigenvalue weighted by Gasteiger charge is 2.57. The average Bonchev–Trinajstić information content (AvgIpc) is 3.20. The van der Waals surface area contributed by atoms with E-state index in [1.165, 1.54) is 6.07 Å². The van der Waals surface area contributed by atoms with E-state index in [9.17, 15) is 18.4 Å². The number of amides is 2. The molecule has 0 saturated heterocycles. The van der Waals surface area contributed by atoms with Crippen LogP contribution in [0.2, 0.25) is 0 Å². The highest BCUT2D eigenvalue weighted by Crippen LogP contribution is 2.59. The molecule has 4 atom stereocenters. The molecule has 7 nitrogen and oxygen atoms in total. The van der Waals surface area contributed by atoms with E-state index in [2.05, 4.69) is 20.8 Å². The van der Waals surface area contributed by atoms with Crippen molar-refractivity contribution in [2.75, 3.05) is 5.32 Å². The Labute approximate surface area is 175 Å². The maximum absolute atomic E-state index is 14.3. The predicted molar refractivity (Wildman–Crippen MR) is 105 cm³/mol. The molecule has 1 aromatic heterocycles. The van der Waals surface area contributed by atoms with Gasteiger partial charge in [0, 0.05) is 6.07 Å². The Bertz CT molecular complexity index is 1180. The summed E-state index contributed by atoms with van der Waals surface area (Å²) in [6, 6.07) is 10.5. The van der Waals surface area contributed by atoms with E-state index in [0.717, 1.165) is 11.6 Å². The Balaban J connectivity index is 1.34. The summed E-state index contributed by atoms with van der Waals surface area (Å²) in [6.45, 7) is 1.88. The van der Waals surface area contributed by atoms with Gasteiger partial charge in [0.15, 0.2) is 0 Å². The summed E-state index contributed by atoms with van der Waals surface area (Å²) >= 11 is 0. The van der Waals surface area contributed by atoms with Crippen molar-refractivity contribution < 1.29 is 22.8 Å². The fourth-order valence-corrected chi connectivity index (χ4v) is 4.41. The fraction of sp³-hybridized carbons (Fsp3) is 0.273. The third-order valence-corrected chi connectivity index (χ3v) is 5.95. The van der Waals surface area contributed by atoms with E-state index < -0.39 is 29.5 Å². The van der Waals surface area contributed by atoms with E-state index in [-0.39, 0.29) is 35.2 Å². The highest BCUT2D eigenvalue weighted by atomic mass is 19.1. The topological polar surface area (TPSA) is 97.1 Å². The van der Waals surface area contributed by atoms with Gasteiger partial charge in [-0.05, 0) is 34.9 Å². The van der Waals surface area contributed by atoms with Gasteiger partial charge in [0.1, 0.15) is 17.7 Å². The molecule has 3 aromatic rings. The first-order valence-corrected chi connectivity index (χ1v) is 9.89. The Morgan fingerprint density at radius 3 is 2.74 bits per heavy atom. The van der Waals surface area contributed by atoms with Crippen LogP contribution in [0.1, 0.15) is 40.5 Å². The molecule has 2 aromatic carbocycles. The standard InChI is InChI=1S/C22H18F2N4O3/c1-10-16-13-8-12(23)9-14(24)18(13)25-20(29)19(17(10)16)26-21(30)22-28-27-15(31-22)7-11-5-3-2-4-6-11/h2-6,8-10,16-17,19H,7H2,1H3,(H,25,29)(H,26,30)/t10-,16-,17-,19-/m0/s1. The van der Waals surface area contributed by atoms with Crippen LogP contribution in [0.3, 0.4) is 0 Å². The number of nitrogens with zero attached hydrogens (tertiary/aromatic N) is 2. The molecule has 2 heterocycles. The summed E-state index contributed by atoms with van der Waals surface area (Å²) in [5.41, 5.74) is 1.32. The molecule has 1 saturated carbocycles. The van der Waals surface area contributed by atoms with E-state index in [1.807, 2.05) is 37.3 Å². The third-order valence-electron chi connectivity index (χ3n) is 5.95. The number of nitrogens with one attached hydrogen (secondary N) is 2. The second-order valence-electron chi connectivity index (χ2n) is 7.92.